The zero-order valence-electron chi connectivity index (χ0n) is 39.4. The molecule has 13 nitrogen and oxygen atoms in total. The van der Waals surface area contributed by atoms with Gasteiger partial charge in [-0.15, -0.1) is 0 Å². The summed E-state index contributed by atoms with van der Waals surface area (Å²) in [4.78, 5) is 78.7. The molecule has 14 heteroatoms. The van der Waals surface area contributed by atoms with Crippen molar-refractivity contribution in [1.29, 1.82) is 0 Å². The average molecular weight is 1080 g/mol. The Morgan fingerprint density at radius 1 is 0.411 bits per heavy atom. The number of nitrogens with zero attached hydrogens (tertiary/aromatic N) is 6. The molecule has 0 amide bonds. The summed E-state index contributed by atoms with van der Waals surface area (Å²) in [6.07, 6.45) is 3.49. The van der Waals surface area contributed by atoms with E-state index in [9.17, 15) is 19.2 Å². The van der Waals surface area contributed by atoms with Crippen LogP contribution < -0.4 is 0 Å². The van der Waals surface area contributed by atoms with Crippen LogP contribution in [0.1, 0.15) is 47.4 Å². The number of carbonyl (C=O) groups excluding carboxylic acids is 4. The molecular weight excluding hydrogens is 1040 g/mol. The molecule has 0 spiro atoms. The molecule has 4 aromatic heterocycles. The van der Waals surface area contributed by atoms with Gasteiger partial charge in [-0.3, -0.25) is 29.1 Å². The summed E-state index contributed by atoms with van der Waals surface area (Å²) in [6.45, 7) is 2.89. The Balaban J connectivity index is 0.000000143. The van der Waals surface area contributed by atoms with Crippen molar-refractivity contribution < 1.29 is 59.9 Å². The van der Waals surface area contributed by atoms with Gasteiger partial charge in [-0.05, 0) is 130 Å². The van der Waals surface area contributed by atoms with E-state index >= 15 is 0 Å². The van der Waals surface area contributed by atoms with Crippen molar-refractivity contribution in [3.63, 3.8) is 0 Å². The molecule has 0 bridgehead atoms. The summed E-state index contributed by atoms with van der Waals surface area (Å²) in [6, 6.07) is 57.4. The van der Waals surface area contributed by atoms with Crippen molar-refractivity contribution in [2.75, 3.05) is 0 Å². The van der Waals surface area contributed by atoms with Crippen molar-refractivity contribution >= 4 is 110 Å². The second-order valence-electron chi connectivity index (χ2n) is 16.9. The number of para-hydroxylation sites is 2. The first-order valence-corrected chi connectivity index (χ1v) is 22.8. The van der Waals surface area contributed by atoms with Gasteiger partial charge in [-0.2, -0.15) is 0 Å². The van der Waals surface area contributed by atoms with E-state index in [1.165, 1.54) is 13.8 Å². The summed E-state index contributed by atoms with van der Waals surface area (Å²) < 4.78 is 0. The molecule has 0 aliphatic carbocycles. The molecule has 0 atom stereocenters. The van der Waals surface area contributed by atoms with Crippen LogP contribution in [0.2, 0.25) is 0 Å². The summed E-state index contributed by atoms with van der Waals surface area (Å²) >= 11 is 0. The Hall–Kier alpha value is -8.56. The predicted molar refractivity (Wildman–Crippen MR) is 283 cm³/mol. The van der Waals surface area contributed by atoms with Gasteiger partial charge >= 0.3 is 35.6 Å². The fourth-order valence-corrected chi connectivity index (χ4v) is 8.71. The number of carbonyl (C=O) groups is 4. The van der Waals surface area contributed by atoms with Crippen LogP contribution in [0.25, 0.3) is 98.4 Å². The molecule has 350 valence electrons. The van der Waals surface area contributed by atoms with E-state index < -0.39 is 5.09 Å². The smallest absolute Gasteiger partial charge is 0.356 e. The molecule has 0 saturated heterocycles. The molecule has 12 aromatic rings. The van der Waals surface area contributed by atoms with E-state index in [-0.39, 0.29) is 71.6 Å². The Kier molecular flexibility index (Phi) is 15.8. The van der Waals surface area contributed by atoms with E-state index in [4.69, 9.17) is 30.3 Å². The minimum Gasteiger partial charge on any atom is -0.356 e. The second-order valence-corrected chi connectivity index (χ2v) is 16.9. The van der Waals surface area contributed by atoms with Crippen molar-refractivity contribution in [2.45, 2.75) is 26.7 Å². The van der Waals surface area contributed by atoms with Crippen molar-refractivity contribution in [3.05, 3.63) is 215 Å². The Labute approximate surface area is 444 Å². The first kappa shape index (κ1) is 50.8. The van der Waals surface area contributed by atoms with Crippen molar-refractivity contribution in [2.24, 2.45) is 0 Å². The van der Waals surface area contributed by atoms with Gasteiger partial charge in [-0.25, -0.2) is 15.0 Å². The number of benzene rings is 8. The molecule has 0 unspecified atom stereocenters. The van der Waals surface area contributed by atoms with Crippen LogP contribution in [0.5, 0.6) is 0 Å². The largest absolute Gasteiger partial charge is 3.00 e. The number of hydrogen-bond acceptors (Lipinski definition) is 12. The van der Waals surface area contributed by atoms with Crippen LogP contribution >= 0.6 is 0 Å². The molecule has 8 aromatic carbocycles. The topological polar surface area (TPSA) is 199 Å². The van der Waals surface area contributed by atoms with Gasteiger partial charge in [-0.1, -0.05) is 103 Å². The monoisotopic (exact) mass is 1080 g/mol. The number of aromatic nitrogens is 5. The standard InChI is InChI=1S/C23H13N5.2C18H14O2.La.NO3/c1-2-9-18-17(8-1)26-22-14-6-5-13-25-20(14)21-15(23(22)27-18)10-11-19(28-21)16-7-3-4-12-24-16;2*1-12(19)9-18(20)16-8-4-7-15-10-13-5-2-3-6-14(13)11-17(15)16;;2-1(3)4/h1-13H;2*2-8,10-11H,9H2,1H3;;/q;;;+3;-1. The van der Waals surface area contributed by atoms with E-state index in [1.807, 2.05) is 140 Å². The zero-order valence-corrected chi connectivity index (χ0v) is 43.1. The minimum atomic E-state index is -1.75. The van der Waals surface area contributed by atoms with Crippen molar-refractivity contribution in [3.8, 4) is 11.4 Å². The number of rotatable bonds is 7. The van der Waals surface area contributed by atoms with Crippen LogP contribution in [-0.4, -0.2) is 53.1 Å². The molecule has 73 heavy (non-hydrogen) atoms. The summed E-state index contributed by atoms with van der Waals surface area (Å²) in [5.41, 5.74) is 7.98. The van der Waals surface area contributed by atoms with Crippen LogP contribution in [0.3, 0.4) is 0 Å². The van der Waals surface area contributed by atoms with E-state index in [2.05, 4.69) is 34.2 Å². The van der Waals surface area contributed by atoms with Gasteiger partial charge in [0.15, 0.2) is 11.6 Å². The fraction of sp³-hybridized carbons (Fsp3) is 0.0678. The third-order valence-electron chi connectivity index (χ3n) is 11.8. The third-order valence-corrected chi connectivity index (χ3v) is 11.8. The number of Topliss-reactive ketones (excluding diaryl/α,β-unsaturated/α-hetero) is 4. The maximum atomic E-state index is 12.2. The SMILES string of the molecule is CC(=O)CC(=O)c1cccc2cc3ccccc3cc12.CC(=O)CC(=O)c1cccc2cc3ccccc3cc12.O=[N+]([O-])[O-].[La+3].c1ccc(-c2ccc3c(n2)c2ncccc2c2nc4ccccc4nc32)nc1. The first-order valence-electron chi connectivity index (χ1n) is 22.8. The van der Waals surface area contributed by atoms with Gasteiger partial charge in [0.25, 0.3) is 0 Å². The molecule has 0 N–H and O–H groups in total. The fourth-order valence-electron chi connectivity index (χ4n) is 8.71. The third kappa shape index (κ3) is 11.5. The molecule has 0 aliphatic heterocycles. The second kappa shape index (κ2) is 22.7. The van der Waals surface area contributed by atoms with E-state index in [0.29, 0.717) is 11.1 Å². The van der Waals surface area contributed by atoms with Gasteiger partial charge in [0.05, 0.1) is 62.4 Å². The first-order chi connectivity index (χ1) is 34.9. The molecular formula is C59H41LaN6O7+2. The summed E-state index contributed by atoms with van der Waals surface area (Å²) in [7, 11) is 0. The van der Waals surface area contributed by atoms with Gasteiger partial charge in [0, 0.05) is 34.3 Å². The molecule has 12 rings (SSSR count). The van der Waals surface area contributed by atoms with E-state index in [1.54, 1.807) is 24.5 Å². The molecule has 0 saturated carbocycles. The quantitative estimate of drug-likeness (QED) is 0.0366. The Morgan fingerprint density at radius 3 is 1.32 bits per heavy atom. The number of hydrogen-bond donors (Lipinski definition) is 0. The zero-order chi connectivity index (χ0) is 50.3. The van der Waals surface area contributed by atoms with Crippen molar-refractivity contribution in [1.82, 2.24) is 24.9 Å². The van der Waals surface area contributed by atoms with Crippen LogP contribution in [-0.2, 0) is 9.59 Å². The van der Waals surface area contributed by atoms with Crippen LogP contribution in [0.4, 0.5) is 0 Å². The maximum Gasteiger partial charge on any atom is 3.00 e. The van der Waals surface area contributed by atoms with Crippen LogP contribution in [0.15, 0.2) is 188 Å². The Morgan fingerprint density at radius 2 is 0.836 bits per heavy atom. The minimum absolute atomic E-state index is 0. The Bertz CT molecular complexity index is 3970. The average Bonchev–Trinajstić information content (AvgIpc) is 3.39. The van der Waals surface area contributed by atoms with Gasteiger partial charge in [0.1, 0.15) is 11.6 Å². The molecule has 0 fully saturated rings. The molecule has 4 heterocycles. The normalized spacial score (nSPS) is 10.7. The van der Waals surface area contributed by atoms with Gasteiger partial charge in [0.2, 0.25) is 0 Å². The maximum absolute atomic E-state index is 12.2. The predicted octanol–water partition coefficient (Wildman–Crippen LogP) is 13.0. The summed E-state index contributed by atoms with van der Waals surface area (Å²) in [5.74, 6) is -0.433. The number of ketones is 4. The number of pyridine rings is 3. The summed E-state index contributed by atoms with van der Waals surface area (Å²) in [5, 5.41) is 25.0. The number of fused-ring (bicyclic) bond motifs is 11. The molecule has 0 aliphatic rings. The van der Waals surface area contributed by atoms with E-state index in [0.717, 1.165) is 98.4 Å². The van der Waals surface area contributed by atoms with Gasteiger partial charge < -0.3 is 15.3 Å². The van der Waals surface area contributed by atoms with Crippen LogP contribution in [0, 0.1) is 50.9 Å². The molecule has 0 radical (unpaired) electrons.